The van der Waals surface area contributed by atoms with Crippen molar-refractivity contribution in [3.63, 3.8) is 0 Å². The molecule has 6 nitrogen and oxygen atoms in total. The molecule has 1 N–H and O–H groups in total. The number of nitrogens with zero attached hydrogens (tertiary/aromatic N) is 1. The molecule has 2 aromatic carbocycles. The molecular formula is C21H19NO5S2. The Kier molecular flexibility index (Phi) is 6.56. The van der Waals surface area contributed by atoms with Crippen molar-refractivity contribution in [3.05, 3.63) is 72.6 Å². The van der Waals surface area contributed by atoms with E-state index in [0.717, 1.165) is 9.79 Å². The normalized spacial score (nSPS) is 11.2. The second-order valence-corrected chi connectivity index (χ2v) is 9.17. The number of carboxylic acid groups (broad SMARTS) is 1. The number of aromatic nitrogens is 1. The van der Waals surface area contributed by atoms with E-state index in [4.69, 9.17) is 9.84 Å². The summed E-state index contributed by atoms with van der Waals surface area (Å²) in [5.74, 6) is -0.714. The highest BCUT2D eigenvalue weighted by Gasteiger charge is 2.20. The zero-order valence-corrected chi connectivity index (χ0v) is 17.2. The Morgan fingerprint density at radius 3 is 2.28 bits per heavy atom. The Morgan fingerprint density at radius 2 is 1.66 bits per heavy atom. The van der Waals surface area contributed by atoms with Crippen molar-refractivity contribution in [1.82, 2.24) is 4.98 Å². The number of carboxylic acids is 1. The van der Waals surface area contributed by atoms with E-state index in [-0.39, 0.29) is 16.2 Å². The molecular weight excluding hydrogens is 410 g/mol. The molecule has 3 aromatic rings. The second kappa shape index (κ2) is 9.11. The zero-order chi connectivity index (χ0) is 20.9. The van der Waals surface area contributed by atoms with E-state index >= 15 is 0 Å². The molecule has 29 heavy (non-hydrogen) atoms. The zero-order valence-electron chi connectivity index (χ0n) is 15.6. The monoisotopic (exact) mass is 429 g/mol. The number of ether oxygens (including phenoxy) is 1. The maximum Gasteiger partial charge on any atom is 0.307 e. The first-order valence-corrected chi connectivity index (χ1v) is 11.1. The maximum atomic E-state index is 13.1. The van der Waals surface area contributed by atoms with Crippen LogP contribution in [0.25, 0.3) is 0 Å². The van der Waals surface area contributed by atoms with Gasteiger partial charge in [-0.3, -0.25) is 9.78 Å². The van der Waals surface area contributed by atoms with Crippen LogP contribution in [0.2, 0.25) is 0 Å². The lowest BCUT2D eigenvalue weighted by Gasteiger charge is -2.11. The third-order valence-electron chi connectivity index (χ3n) is 3.94. The van der Waals surface area contributed by atoms with E-state index < -0.39 is 15.8 Å². The van der Waals surface area contributed by atoms with Crippen molar-refractivity contribution in [2.24, 2.45) is 0 Å². The van der Waals surface area contributed by atoms with Crippen LogP contribution in [0.4, 0.5) is 0 Å². The van der Waals surface area contributed by atoms with E-state index in [9.17, 15) is 13.2 Å². The van der Waals surface area contributed by atoms with Crippen molar-refractivity contribution in [3.8, 4) is 5.75 Å². The third-order valence-corrected chi connectivity index (χ3v) is 6.70. The molecule has 0 saturated carbocycles. The summed E-state index contributed by atoms with van der Waals surface area (Å²) in [5, 5.41) is 9.05. The summed E-state index contributed by atoms with van der Waals surface area (Å²) in [4.78, 5) is 17.1. The summed E-state index contributed by atoms with van der Waals surface area (Å²) in [7, 11) is -3.82. The van der Waals surface area contributed by atoms with Gasteiger partial charge >= 0.3 is 5.97 Å². The summed E-state index contributed by atoms with van der Waals surface area (Å²) in [6.07, 6.45) is 3.10. The van der Waals surface area contributed by atoms with Crippen LogP contribution in [0.15, 0.2) is 86.6 Å². The van der Waals surface area contributed by atoms with Crippen molar-refractivity contribution in [2.45, 2.75) is 32.9 Å². The van der Waals surface area contributed by atoms with Crippen LogP contribution in [0.5, 0.6) is 5.75 Å². The molecule has 1 aromatic heterocycles. The van der Waals surface area contributed by atoms with Crippen LogP contribution < -0.4 is 4.74 Å². The number of aliphatic carboxylic acids is 1. The van der Waals surface area contributed by atoms with Gasteiger partial charge in [-0.15, -0.1) is 0 Å². The molecule has 0 radical (unpaired) electrons. The Hall–Kier alpha value is -2.84. The first kappa shape index (κ1) is 20.9. The smallest absolute Gasteiger partial charge is 0.307 e. The largest absolute Gasteiger partial charge is 0.494 e. The number of benzene rings is 2. The van der Waals surface area contributed by atoms with Gasteiger partial charge in [0.2, 0.25) is 9.84 Å². The molecule has 8 heteroatoms. The fourth-order valence-corrected chi connectivity index (χ4v) is 4.82. The molecule has 0 amide bonds. The quantitative estimate of drug-likeness (QED) is 0.576. The van der Waals surface area contributed by atoms with Crippen molar-refractivity contribution in [1.29, 1.82) is 0 Å². The van der Waals surface area contributed by atoms with Crippen LogP contribution in [0.3, 0.4) is 0 Å². The van der Waals surface area contributed by atoms with Gasteiger partial charge < -0.3 is 9.84 Å². The Morgan fingerprint density at radius 1 is 1.00 bits per heavy atom. The van der Waals surface area contributed by atoms with E-state index in [1.54, 1.807) is 49.6 Å². The van der Waals surface area contributed by atoms with Gasteiger partial charge in [-0.05, 0) is 67.1 Å². The van der Waals surface area contributed by atoms with E-state index in [2.05, 4.69) is 4.98 Å². The molecule has 0 unspecified atom stereocenters. The number of sulfone groups is 1. The number of hydrogen-bond acceptors (Lipinski definition) is 6. The van der Waals surface area contributed by atoms with Gasteiger partial charge in [0.15, 0.2) is 0 Å². The van der Waals surface area contributed by atoms with Crippen LogP contribution in [0, 0.1) is 0 Å². The highest BCUT2D eigenvalue weighted by molar-refractivity contribution is 7.99. The van der Waals surface area contributed by atoms with E-state index in [0.29, 0.717) is 17.9 Å². The maximum absolute atomic E-state index is 13.1. The molecule has 0 saturated heterocycles. The van der Waals surface area contributed by atoms with E-state index in [1.807, 2.05) is 12.1 Å². The number of rotatable bonds is 8. The first-order valence-electron chi connectivity index (χ1n) is 8.80. The predicted molar refractivity (Wildman–Crippen MR) is 109 cm³/mol. The summed E-state index contributed by atoms with van der Waals surface area (Å²) in [6.45, 7) is 2.12. The molecule has 150 valence electrons. The Balaban J connectivity index is 1.91. The highest BCUT2D eigenvalue weighted by atomic mass is 32.2. The molecule has 0 fully saturated rings. The Bertz CT molecular complexity index is 1100. The van der Waals surface area contributed by atoms with Crippen molar-refractivity contribution < 1.29 is 23.1 Å². The van der Waals surface area contributed by atoms with Crippen molar-refractivity contribution >= 4 is 27.6 Å². The van der Waals surface area contributed by atoms with Crippen LogP contribution in [0.1, 0.15) is 12.5 Å². The van der Waals surface area contributed by atoms with Gasteiger partial charge in [-0.2, -0.15) is 0 Å². The van der Waals surface area contributed by atoms with Gasteiger partial charge in [-0.25, -0.2) is 8.42 Å². The second-order valence-electron chi connectivity index (χ2n) is 6.08. The van der Waals surface area contributed by atoms with Gasteiger partial charge in [-0.1, -0.05) is 11.8 Å². The summed E-state index contributed by atoms with van der Waals surface area (Å²) in [6, 6.07) is 14.7. The molecule has 0 atom stereocenters. The van der Waals surface area contributed by atoms with Gasteiger partial charge in [0, 0.05) is 22.2 Å². The van der Waals surface area contributed by atoms with Gasteiger partial charge in [0.05, 0.1) is 22.8 Å². The van der Waals surface area contributed by atoms with E-state index in [1.165, 1.54) is 23.9 Å². The number of hydrogen-bond donors (Lipinski definition) is 1. The lowest BCUT2D eigenvalue weighted by Crippen LogP contribution is -2.06. The highest BCUT2D eigenvalue weighted by Crippen LogP contribution is 2.30. The topological polar surface area (TPSA) is 93.6 Å². The fourth-order valence-electron chi connectivity index (χ4n) is 2.68. The number of carbonyl (C=O) groups is 1. The van der Waals surface area contributed by atoms with Crippen molar-refractivity contribution in [2.75, 3.05) is 6.61 Å². The minimum absolute atomic E-state index is 0.00855. The van der Waals surface area contributed by atoms with Crippen LogP contribution >= 0.6 is 11.8 Å². The SMILES string of the molecule is CCOc1cc(CC(=O)O)cc(S(=O)(=O)c2ccc(Sc3ccncc3)cc2)c1. The standard InChI is InChI=1S/C21H19NO5S2/c1-2-27-16-11-15(13-21(23)24)12-20(14-16)29(25,26)19-5-3-17(4-6-19)28-18-7-9-22-10-8-18/h3-12,14H,2,13H2,1H3,(H,23,24). The molecule has 1 heterocycles. The average molecular weight is 430 g/mol. The predicted octanol–water partition coefficient (Wildman–Crippen LogP) is 4.09. The average Bonchev–Trinajstić information content (AvgIpc) is 2.69. The molecule has 0 bridgehead atoms. The lowest BCUT2D eigenvalue weighted by molar-refractivity contribution is -0.136. The minimum Gasteiger partial charge on any atom is -0.494 e. The molecule has 0 aliphatic rings. The summed E-state index contributed by atoms with van der Waals surface area (Å²) < 4.78 is 31.6. The molecule has 0 aliphatic carbocycles. The number of pyridine rings is 1. The molecule has 0 spiro atoms. The third kappa shape index (κ3) is 5.36. The van der Waals surface area contributed by atoms with Gasteiger partial charge in [0.1, 0.15) is 5.75 Å². The fraction of sp³-hybridized carbons (Fsp3) is 0.143. The van der Waals surface area contributed by atoms with Crippen LogP contribution in [-0.4, -0.2) is 31.1 Å². The summed E-state index contributed by atoms with van der Waals surface area (Å²) >= 11 is 1.50. The van der Waals surface area contributed by atoms with Gasteiger partial charge in [0.25, 0.3) is 0 Å². The lowest BCUT2D eigenvalue weighted by atomic mass is 10.1. The minimum atomic E-state index is -3.82. The van der Waals surface area contributed by atoms with Crippen LogP contribution in [-0.2, 0) is 21.1 Å². The summed E-state index contributed by atoms with van der Waals surface area (Å²) in [5.41, 5.74) is 0.367. The Labute approximate surface area is 173 Å². The molecule has 0 aliphatic heterocycles. The molecule has 3 rings (SSSR count). The first-order chi connectivity index (χ1) is 13.9.